The van der Waals surface area contributed by atoms with Crippen molar-refractivity contribution in [1.82, 2.24) is 9.55 Å². The first-order valence-electron chi connectivity index (χ1n) is 7.93. The van der Waals surface area contributed by atoms with Gasteiger partial charge in [-0.1, -0.05) is 17.9 Å². The molecule has 5 heteroatoms. The summed E-state index contributed by atoms with van der Waals surface area (Å²) in [6.45, 7) is 0.0955. The number of hydrogen-bond acceptors (Lipinski definition) is 3. The van der Waals surface area contributed by atoms with Crippen LogP contribution in [0.3, 0.4) is 0 Å². The molecular weight excluding hydrogens is 319 g/mol. The van der Waals surface area contributed by atoms with Gasteiger partial charge in [-0.05, 0) is 36.4 Å². The van der Waals surface area contributed by atoms with Crippen LogP contribution in [-0.4, -0.2) is 15.3 Å². The SMILES string of the molecule is O=C1CCc2nc3cc(C#Cc4cccc(F)c4)ccc3c(=O)n2C1. The highest BCUT2D eigenvalue weighted by Gasteiger charge is 2.19. The largest absolute Gasteiger partial charge is 0.298 e. The molecular formula is C20H13FN2O2. The molecule has 0 saturated heterocycles. The van der Waals surface area contributed by atoms with Crippen LogP contribution in [0.25, 0.3) is 10.9 Å². The molecule has 1 aliphatic heterocycles. The summed E-state index contributed by atoms with van der Waals surface area (Å²) in [7, 11) is 0. The Hall–Kier alpha value is -3.26. The number of fused-ring (bicyclic) bond motifs is 2. The second-order valence-corrected chi connectivity index (χ2v) is 5.95. The average molecular weight is 332 g/mol. The van der Waals surface area contributed by atoms with Gasteiger partial charge in [0.05, 0.1) is 17.4 Å². The maximum atomic E-state index is 13.2. The summed E-state index contributed by atoms with van der Waals surface area (Å²) in [6, 6.07) is 11.2. The number of aromatic nitrogens is 2. The maximum absolute atomic E-state index is 13.2. The fourth-order valence-corrected chi connectivity index (χ4v) is 2.92. The highest BCUT2D eigenvalue weighted by atomic mass is 19.1. The van der Waals surface area contributed by atoms with E-state index in [-0.39, 0.29) is 23.7 Å². The third kappa shape index (κ3) is 2.94. The van der Waals surface area contributed by atoms with Gasteiger partial charge in [0.15, 0.2) is 5.78 Å². The van der Waals surface area contributed by atoms with Crippen LogP contribution in [0.15, 0.2) is 47.3 Å². The maximum Gasteiger partial charge on any atom is 0.261 e. The van der Waals surface area contributed by atoms with Crippen molar-refractivity contribution in [3.63, 3.8) is 0 Å². The summed E-state index contributed by atoms with van der Waals surface area (Å²) >= 11 is 0. The van der Waals surface area contributed by atoms with Crippen molar-refractivity contribution < 1.29 is 9.18 Å². The Morgan fingerprint density at radius 2 is 1.80 bits per heavy atom. The Labute approximate surface area is 142 Å². The molecule has 0 spiro atoms. The third-order valence-corrected chi connectivity index (χ3v) is 4.17. The molecule has 0 atom stereocenters. The van der Waals surface area contributed by atoms with Crippen LogP contribution in [0.4, 0.5) is 4.39 Å². The first-order chi connectivity index (χ1) is 12.1. The number of Topliss-reactive ketones (excluding diaryl/α,β-unsaturated/α-hetero) is 1. The zero-order valence-corrected chi connectivity index (χ0v) is 13.3. The molecule has 0 unspecified atom stereocenters. The summed E-state index contributed by atoms with van der Waals surface area (Å²) in [5.74, 6) is 6.22. The highest BCUT2D eigenvalue weighted by molar-refractivity contribution is 5.82. The van der Waals surface area contributed by atoms with Gasteiger partial charge in [-0.2, -0.15) is 0 Å². The van der Waals surface area contributed by atoms with Crippen molar-refractivity contribution in [2.75, 3.05) is 0 Å². The van der Waals surface area contributed by atoms with E-state index in [4.69, 9.17) is 0 Å². The molecule has 0 N–H and O–H groups in total. The van der Waals surface area contributed by atoms with E-state index < -0.39 is 0 Å². The van der Waals surface area contributed by atoms with Crippen LogP contribution in [-0.2, 0) is 17.8 Å². The summed E-state index contributed by atoms with van der Waals surface area (Å²) < 4.78 is 14.6. The molecule has 4 nitrogen and oxygen atoms in total. The van der Waals surface area contributed by atoms with Crippen LogP contribution in [0.5, 0.6) is 0 Å². The Morgan fingerprint density at radius 1 is 1.00 bits per heavy atom. The minimum atomic E-state index is -0.332. The monoisotopic (exact) mass is 332 g/mol. The number of benzene rings is 2. The number of rotatable bonds is 0. The lowest BCUT2D eigenvalue weighted by atomic mass is 10.1. The van der Waals surface area contributed by atoms with Gasteiger partial charge in [0.25, 0.3) is 5.56 Å². The smallest absolute Gasteiger partial charge is 0.261 e. The minimum absolute atomic E-state index is 0.0494. The molecule has 0 amide bonds. The first kappa shape index (κ1) is 15.3. The number of hydrogen-bond donors (Lipinski definition) is 0. The van der Waals surface area contributed by atoms with Crippen LogP contribution >= 0.6 is 0 Å². The Morgan fingerprint density at radius 3 is 2.60 bits per heavy atom. The van der Waals surface area contributed by atoms with Gasteiger partial charge < -0.3 is 0 Å². The molecule has 25 heavy (non-hydrogen) atoms. The molecule has 1 aliphatic rings. The summed E-state index contributed by atoms with van der Waals surface area (Å²) in [5, 5.41) is 0.467. The lowest BCUT2D eigenvalue weighted by Gasteiger charge is -2.17. The summed E-state index contributed by atoms with van der Waals surface area (Å²) in [6.07, 6.45) is 0.889. The molecule has 0 saturated carbocycles. The van der Waals surface area contributed by atoms with E-state index in [1.165, 1.54) is 16.7 Å². The van der Waals surface area contributed by atoms with Crippen LogP contribution in [0.1, 0.15) is 23.4 Å². The van der Waals surface area contributed by atoms with Crippen molar-refractivity contribution in [1.29, 1.82) is 0 Å². The molecule has 0 bridgehead atoms. The number of ketones is 1. The van der Waals surface area contributed by atoms with E-state index in [9.17, 15) is 14.0 Å². The number of carbonyl (C=O) groups is 1. The van der Waals surface area contributed by atoms with Gasteiger partial charge in [0.2, 0.25) is 0 Å². The van der Waals surface area contributed by atoms with Gasteiger partial charge in [-0.3, -0.25) is 14.2 Å². The quantitative estimate of drug-likeness (QED) is 0.594. The standard InChI is InChI=1S/C20H13FN2O2/c21-15-3-1-2-13(10-15)4-5-14-6-8-17-18(11-14)22-19-9-7-16(24)12-23(19)20(17)25/h1-3,6,8,10-11H,7,9,12H2. The van der Waals surface area contributed by atoms with Crippen LogP contribution in [0.2, 0.25) is 0 Å². The summed E-state index contributed by atoms with van der Waals surface area (Å²) in [4.78, 5) is 28.6. The second-order valence-electron chi connectivity index (χ2n) is 5.95. The first-order valence-corrected chi connectivity index (χ1v) is 7.93. The van der Waals surface area contributed by atoms with Crippen LogP contribution < -0.4 is 5.56 Å². The second kappa shape index (κ2) is 5.99. The van der Waals surface area contributed by atoms with Crippen molar-refractivity contribution in [3.05, 3.63) is 75.6 Å². The lowest BCUT2D eigenvalue weighted by molar-refractivity contribution is -0.120. The van der Waals surface area contributed by atoms with Crippen molar-refractivity contribution in [3.8, 4) is 11.8 Å². The molecule has 2 heterocycles. The fraction of sp³-hybridized carbons (Fsp3) is 0.150. The van der Waals surface area contributed by atoms with Gasteiger partial charge >= 0.3 is 0 Å². The third-order valence-electron chi connectivity index (χ3n) is 4.17. The van der Waals surface area contributed by atoms with E-state index >= 15 is 0 Å². The van der Waals surface area contributed by atoms with E-state index in [1.807, 2.05) is 0 Å². The predicted molar refractivity (Wildman–Crippen MR) is 91.7 cm³/mol. The normalized spacial score (nSPS) is 13.2. The Balaban J connectivity index is 1.78. The molecule has 2 aromatic carbocycles. The molecule has 0 aliphatic carbocycles. The van der Waals surface area contributed by atoms with E-state index in [1.54, 1.807) is 30.3 Å². The lowest BCUT2D eigenvalue weighted by Crippen LogP contribution is -2.32. The van der Waals surface area contributed by atoms with Crippen molar-refractivity contribution in [2.24, 2.45) is 0 Å². The molecule has 0 radical (unpaired) electrons. The topological polar surface area (TPSA) is 52.0 Å². The molecule has 4 rings (SSSR count). The minimum Gasteiger partial charge on any atom is -0.298 e. The van der Waals surface area contributed by atoms with Crippen LogP contribution in [0, 0.1) is 17.7 Å². The van der Waals surface area contributed by atoms with E-state index in [0.29, 0.717) is 40.7 Å². The van der Waals surface area contributed by atoms with Gasteiger partial charge in [-0.15, -0.1) is 0 Å². The molecule has 0 fully saturated rings. The number of nitrogens with zero attached hydrogens (tertiary/aromatic N) is 2. The highest BCUT2D eigenvalue weighted by Crippen LogP contribution is 2.15. The molecule has 122 valence electrons. The number of carbonyl (C=O) groups excluding carboxylic acids is 1. The predicted octanol–water partition coefficient (Wildman–Crippen LogP) is 2.45. The zero-order valence-electron chi connectivity index (χ0n) is 13.3. The average Bonchev–Trinajstić information content (AvgIpc) is 2.61. The molecule has 1 aromatic heterocycles. The summed E-state index contributed by atoms with van der Waals surface area (Å²) in [5.41, 5.74) is 1.65. The van der Waals surface area contributed by atoms with Crippen molar-refractivity contribution >= 4 is 16.7 Å². The van der Waals surface area contributed by atoms with Gasteiger partial charge in [0.1, 0.15) is 11.6 Å². The van der Waals surface area contributed by atoms with Crippen molar-refractivity contribution in [2.45, 2.75) is 19.4 Å². The Kier molecular flexibility index (Phi) is 3.66. The fourth-order valence-electron chi connectivity index (χ4n) is 2.92. The Bertz CT molecular complexity index is 1140. The van der Waals surface area contributed by atoms with Gasteiger partial charge in [-0.25, -0.2) is 9.37 Å². The zero-order chi connectivity index (χ0) is 17.4. The van der Waals surface area contributed by atoms with E-state index in [0.717, 1.165) is 0 Å². The molecule has 3 aromatic rings. The number of aryl methyl sites for hydroxylation is 1. The van der Waals surface area contributed by atoms with E-state index in [2.05, 4.69) is 16.8 Å². The number of halogens is 1. The van der Waals surface area contributed by atoms with Gasteiger partial charge in [0, 0.05) is 24.0 Å².